The van der Waals surface area contributed by atoms with Gasteiger partial charge in [0.05, 0.1) is 0 Å². The van der Waals surface area contributed by atoms with E-state index >= 15 is 0 Å². The maximum Gasteiger partial charge on any atom is 0.368 e. The van der Waals surface area contributed by atoms with Gasteiger partial charge in [-0.2, -0.15) is 0 Å². The van der Waals surface area contributed by atoms with Crippen LogP contribution in [0.5, 0.6) is 0 Å². The Hall–Kier alpha value is -3.45. The van der Waals surface area contributed by atoms with E-state index in [0.29, 0.717) is 0 Å². The summed E-state index contributed by atoms with van der Waals surface area (Å²) in [4.78, 5) is 12.7. The lowest BCUT2D eigenvalue weighted by Gasteiger charge is -2.53. The first-order valence-corrected chi connectivity index (χ1v) is 17.6. The van der Waals surface area contributed by atoms with Crippen LogP contribution in [-0.2, 0) is 0 Å². The van der Waals surface area contributed by atoms with Crippen LogP contribution in [0.2, 0.25) is 18.1 Å². The molecule has 5 rings (SSSR count). The third-order valence-electron chi connectivity index (χ3n) is 8.02. The maximum absolute atomic E-state index is 12.7. The molecular weight excluding hydrogens is 495 g/mol. The molecule has 0 amide bonds. The van der Waals surface area contributed by atoms with E-state index in [1.165, 1.54) is 5.57 Å². The molecule has 2 nitrogen and oxygen atoms in total. The molecule has 0 spiro atoms. The van der Waals surface area contributed by atoms with E-state index in [-0.39, 0.29) is 5.04 Å². The van der Waals surface area contributed by atoms with Crippen molar-refractivity contribution in [1.82, 2.24) is 4.23 Å². The molecule has 0 aromatic heterocycles. The number of rotatable bonds is 5. The van der Waals surface area contributed by atoms with Crippen LogP contribution < -0.4 is 0 Å². The average Bonchev–Trinajstić information content (AvgIpc) is 2.93. The fourth-order valence-corrected chi connectivity index (χ4v) is 11.6. The van der Waals surface area contributed by atoms with Crippen molar-refractivity contribution in [3.05, 3.63) is 144 Å². The second-order valence-corrected chi connectivity index (χ2v) is 18.5. The highest BCUT2D eigenvalue weighted by Gasteiger charge is 2.50. The van der Waals surface area contributed by atoms with Crippen LogP contribution in [0.25, 0.3) is 22.0 Å². The minimum absolute atomic E-state index is 0.0273. The lowest BCUT2D eigenvalue weighted by molar-refractivity contribution is 0.526. The third-order valence-corrected chi connectivity index (χ3v) is 17.0. The molecule has 0 fully saturated rings. The predicted octanol–water partition coefficient (Wildman–Crippen LogP) is 8.51. The summed E-state index contributed by atoms with van der Waals surface area (Å²) in [7, 11) is -4.43. The highest BCUT2D eigenvalue weighted by atomic mass is 28.4. The van der Waals surface area contributed by atoms with Gasteiger partial charge in [-0.25, -0.2) is 0 Å². The van der Waals surface area contributed by atoms with Crippen LogP contribution in [-0.4, -0.2) is 26.5 Å². The van der Waals surface area contributed by atoms with Crippen molar-refractivity contribution in [3.63, 3.8) is 0 Å². The summed E-state index contributed by atoms with van der Waals surface area (Å²) in [6, 6.07) is 42.5. The topological polar surface area (TPSA) is 23.5 Å². The zero-order chi connectivity index (χ0) is 26.9. The van der Waals surface area contributed by atoms with E-state index in [1.54, 1.807) is 0 Å². The standard InChI is InChI=1S/C34H36NOSi2/c1-34(2,3)38(4,5)35-32(28-22-14-8-15-23-28)30(26-18-10-6-11-19-26)31(27-20-12-7-13-21-27)33(37(35)36)29-24-16-9-17-25-29/h6-25,36H,1-5H3. The Morgan fingerprint density at radius 1 is 0.553 bits per heavy atom. The van der Waals surface area contributed by atoms with E-state index in [2.05, 4.69) is 153 Å². The molecule has 38 heavy (non-hydrogen) atoms. The van der Waals surface area contributed by atoms with Crippen molar-refractivity contribution < 1.29 is 4.80 Å². The fourth-order valence-electron chi connectivity index (χ4n) is 5.09. The monoisotopic (exact) mass is 530 g/mol. The van der Waals surface area contributed by atoms with Gasteiger partial charge in [0.25, 0.3) is 0 Å². The van der Waals surface area contributed by atoms with Crippen molar-refractivity contribution >= 4 is 39.5 Å². The van der Waals surface area contributed by atoms with Crippen molar-refractivity contribution in [2.75, 3.05) is 0 Å². The Morgan fingerprint density at radius 2 is 0.921 bits per heavy atom. The number of hydrogen-bond acceptors (Lipinski definition) is 2. The lowest BCUT2D eigenvalue weighted by Crippen LogP contribution is -2.61. The Labute approximate surface area is 230 Å². The quantitative estimate of drug-likeness (QED) is 0.261. The van der Waals surface area contributed by atoms with Crippen LogP contribution >= 0.6 is 0 Å². The molecule has 4 aromatic carbocycles. The summed E-state index contributed by atoms with van der Waals surface area (Å²) in [6.07, 6.45) is 0. The van der Waals surface area contributed by atoms with E-state index in [0.717, 1.165) is 38.7 Å². The Bertz CT molecular complexity index is 1450. The van der Waals surface area contributed by atoms with Gasteiger partial charge in [-0.05, 0) is 32.9 Å². The van der Waals surface area contributed by atoms with Crippen molar-refractivity contribution in [3.8, 4) is 0 Å². The molecule has 4 heteroatoms. The van der Waals surface area contributed by atoms with Crippen LogP contribution in [0.15, 0.2) is 121 Å². The Morgan fingerprint density at radius 3 is 1.34 bits per heavy atom. The number of nitrogens with zero attached hydrogens (tertiary/aromatic N) is 1. The van der Waals surface area contributed by atoms with Gasteiger partial charge in [-0.3, -0.25) is 0 Å². The van der Waals surface area contributed by atoms with Crippen molar-refractivity contribution in [1.29, 1.82) is 0 Å². The summed E-state index contributed by atoms with van der Waals surface area (Å²) < 4.78 is 2.50. The molecule has 1 heterocycles. The van der Waals surface area contributed by atoms with E-state index in [9.17, 15) is 4.80 Å². The minimum atomic E-state index is -2.26. The molecule has 0 saturated carbocycles. The summed E-state index contributed by atoms with van der Waals surface area (Å²) in [5.74, 6) is 0. The Kier molecular flexibility index (Phi) is 7.14. The normalized spacial score (nSPS) is 15.3. The molecule has 0 saturated heterocycles. The maximum atomic E-state index is 12.7. The summed E-state index contributed by atoms with van der Waals surface area (Å²) in [5, 5.41) is 1.09. The molecule has 191 valence electrons. The smallest absolute Gasteiger partial charge is 0.368 e. The molecule has 1 N–H and O–H groups in total. The van der Waals surface area contributed by atoms with Gasteiger partial charge in [0, 0.05) is 16.5 Å². The van der Waals surface area contributed by atoms with Gasteiger partial charge in [0.15, 0.2) is 0 Å². The van der Waals surface area contributed by atoms with Crippen LogP contribution in [0, 0.1) is 0 Å². The predicted molar refractivity (Wildman–Crippen MR) is 166 cm³/mol. The largest absolute Gasteiger partial charge is 0.411 e. The highest BCUT2D eigenvalue weighted by Crippen LogP contribution is 2.52. The molecule has 4 aromatic rings. The first-order chi connectivity index (χ1) is 18.2. The SMILES string of the molecule is CC(C)(C)[Si](C)(C)N1C(c2ccccc2)=C(c2ccccc2)C(c2ccccc2)=C(c2ccccc2)[Si]1O. The third kappa shape index (κ3) is 4.64. The Balaban J connectivity index is 2.00. The first kappa shape index (κ1) is 26.2. The van der Waals surface area contributed by atoms with Gasteiger partial charge in [-0.15, -0.1) is 0 Å². The van der Waals surface area contributed by atoms with E-state index in [4.69, 9.17) is 0 Å². The first-order valence-electron chi connectivity index (χ1n) is 13.3. The molecule has 0 atom stereocenters. The number of hydrogen-bond donors (Lipinski definition) is 1. The zero-order valence-corrected chi connectivity index (χ0v) is 24.9. The van der Waals surface area contributed by atoms with Crippen molar-refractivity contribution in [2.24, 2.45) is 0 Å². The molecule has 1 aliphatic rings. The molecule has 0 aliphatic carbocycles. The lowest BCUT2D eigenvalue weighted by atomic mass is 9.87. The van der Waals surface area contributed by atoms with Gasteiger partial charge < -0.3 is 9.03 Å². The summed E-state index contributed by atoms with van der Waals surface area (Å²) >= 11 is 0. The van der Waals surface area contributed by atoms with Gasteiger partial charge >= 0.3 is 9.20 Å². The zero-order valence-electron chi connectivity index (χ0n) is 22.9. The second kappa shape index (κ2) is 10.4. The molecule has 1 radical (unpaired) electrons. The van der Waals surface area contributed by atoms with Gasteiger partial charge in [0.2, 0.25) is 0 Å². The molecular formula is C34H36NOSi2. The van der Waals surface area contributed by atoms with Crippen molar-refractivity contribution in [2.45, 2.75) is 38.9 Å². The summed E-state index contributed by atoms with van der Waals surface area (Å²) in [5.41, 5.74) is 8.00. The van der Waals surface area contributed by atoms with E-state index < -0.39 is 17.4 Å². The second-order valence-electron chi connectivity index (χ2n) is 11.4. The van der Waals surface area contributed by atoms with Gasteiger partial charge in [-0.1, -0.05) is 155 Å². The molecule has 0 bridgehead atoms. The van der Waals surface area contributed by atoms with Gasteiger partial charge in [0.1, 0.15) is 8.24 Å². The molecule has 0 unspecified atom stereocenters. The van der Waals surface area contributed by atoms with E-state index in [1.807, 2.05) is 6.07 Å². The fraction of sp³-hybridized carbons (Fsp3) is 0.176. The number of benzene rings is 4. The highest BCUT2D eigenvalue weighted by molar-refractivity contribution is 6.92. The summed E-state index contributed by atoms with van der Waals surface area (Å²) in [6.45, 7) is 11.8. The van der Waals surface area contributed by atoms with Crippen LogP contribution in [0.1, 0.15) is 43.0 Å². The van der Waals surface area contributed by atoms with Crippen LogP contribution in [0.4, 0.5) is 0 Å². The minimum Gasteiger partial charge on any atom is -0.411 e. The average molecular weight is 531 g/mol. The molecule has 1 aliphatic heterocycles. The van der Waals surface area contributed by atoms with Crippen LogP contribution in [0.3, 0.4) is 0 Å². The number of allylic oxidation sites excluding steroid dienone is 2.